The zero-order valence-corrected chi connectivity index (χ0v) is 13.0. The standard InChI is InChI=1S/C18H17N3S/c19-8-3-5-13-10-14-7-9-20-22-18(14)15-11-12-4-1-2-6-16(12)21-17(13)15/h1-2,4,6-7,9-11,20H,3,5,8,19H2. The van der Waals surface area contributed by atoms with Crippen LogP contribution >= 0.6 is 11.9 Å². The first kappa shape index (κ1) is 13.6. The Kier molecular flexibility index (Phi) is 3.48. The Bertz CT molecular complexity index is 886. The second-order valence-electron chi connectivity index (χ2n) is 5.48. The molecule has 3 aromatic rings. The van der Waals surface area contributed by atoms with Gasteiger partial charge in [0.15, 0.2) is 0 Å². The molecule has 110 valence electrons. The topological polar surface area (TPSA) is 50.9 Å². The average molecular weight is 307 g/mol. The van der Waals surface area contributed by atoms with Gasteiger partial charge in [-0.25, -0.2) is 4.98 Å². The molecule has 4 rings (SSSR count). The van der Waals surface area contributed by atoms with E-state index in [-0.39, 0.29) is 0 Å². The first-order chi connectivity index (χ1) is 10.9. The highest BCUT2D eigenvalue weighted by Gasteiger charge is 2.15. The van der Waals surface area contributed by atoms with Crippen LogP contribution in [0.25, 0.3) is 27.9 Å². The van der Waals surface area contributed by atoms with Gasteiger partial charge in [0.2, 0.25) is 0 Å². The van der Waals surface area contributed by atoms with Crippen molar-refractivity contribution in [3.8, 4) is 0 Å². The second-order valence-corrected chi connectivity index (χ2v) is 6.32. The van der Waals surface area contributed by atoms with E-state index in [4.69, 9.17) is 10.7 Å². The maximum Gasteiger partial charge on any atom is 0.0754 e. The molecule has 2 heterocycles. The predicted molar refractivity (Wildman–Crippen MR) is 94.7 cm³/mol. The number of nitrogens with one attached hydrogen (secondary N) is 1. The number of nitrogens with zero attached hydrogens (tertiary/aromatic N) is 1. The van der Waals surface area contributed by atoms with Gasteiger partial charge < -0.3 is 10.5 Å². The summed E-state index contributed by atoms with van der Waals surface area (Å²) in [7, 11) is 0. The summed E-state index contributed by atoms with van der Waals surface area (Å²) in [5.41, 5.74) is 10.4. The molecule has 22 heavy (non-hydrogen) atoms. The van der Waals surface area contributed by atoms with E-state index in [9.17, 15) is 0 Å². The molecule has 1 aliphatic heterocycles. The SMILES string of the molecule is NCCCc1cc2c(c3cc4ccccc4nc13)SNC=C2. The molecule has 1 aliphatic rings. The quantitative estimate of drug-likeness (QED) is 0.570. The largest absolute Gasteiger partial charge is 0.332 e. The lowest BCUT2D eigenvalue weighted by atomic mass is 9.99. The fourth-order valence-electron chi connectivity index (χ4n) is 2.95. The highest BCUT2D eigenvalue weighted by atomic mass is 32.2. The van der Waals surface area contributed by atoms with E-state index in [2.05, 4.69) is 41.1 Å². The monoisotopic (exact) mass is 307 g/mol. The third kappa shape index (κ3) is 2.25. The summed E-state index contributed by atoms with van der Waals surface area (Å²) in [6.07, 6.45) is 6.07. The van der Waals surface area contributed by atoms with Gasteiger partial charge in [-0.2, -0.15) is 0 Å². The Labute approximate surface area is 133 Å². The predicted octanol–water partition coefficient (Wildman–Crippen LogP) is 3.86. The van der Waals surface area contributed by atoms with Gasteiger partial charge in [0.1, 0.15) is 0 Å². The summed E-state index contributed by atoms with van der Waals surface area (Å²) in [5, 5.41) is 2.41. The molecule has 0 radical (unpaired) electrons. The van der Waals surface area contributed by atoms with Crippen molar-refractivity contribution in [2.24, 2.45) is 5.73 Å². The van der Waals surface area contributed by atoms with Gasteiger partial charge in [0, 0.05) is 21.9 Å². The molecule has 2 aromatic carbocycles. The first-order valence-electron chi connectivity index (χ1n) is 7.51. The smallest absolute Gasteiger partial charge is 0.0754 e. The van der Waals surface area contributed by atoms with Crippen LogP contribution in [0.3, 0.4) is 0 Å². The van der Waals surface area contributed by atoms with Crippen LogP contribution in [0.4, 0.5) is 0 Å². The summed E-state index contributed by atoms with van der Waals surface area (Å²) in [5.74, 6) is 0. The first-order valence-corrected chi connectivity index (χ1v) is 8.33. The number of rotatable bonds is 3. The van der Waals surface area contributed by atoms with Crippen LogP contribution in [0.2, 0.25) is 0 Å². The van der Waals surface area contributed by atoms with Crippen molar-refractivity contribution in [3.05, 3.63) is 53.7 Å². The van der Waals surface area contributed by atoms with Crippen molar-refractivity contribution in [2.45, 2.75) is 17.7 Å². The fraction of sp³-hybridized carbons (Fsp3) is 0.167. The number of hydrogen-bond acceptors (Lipinski definition) is 4. The van der Waals surface area contributed by atoms with E-state index in [1.165, 1.54) is 26.8 Å². The zero-order chi connectivity index (χ0) is 14.9. The van der Waals surface area contributed by atoms with Gasteiger partial charge in [-0.15, -0.1) is 0 Å². The minimum Gasteiger partial charge on any atom is -0.332 e. The Morgan fingerprint density at radius 2 is 2.09 bits per heavy atom. The normalized spacial score (nSPS) is 13.3. The minimum atomic E-state index is 0.707. The molecule has 3 N–H and O–H groups in total. The van der Waals surface area contributed by atoms with E-state index in [1.807, 2.05) is 12.3 Å². The molecular formula is C18H17N3S. The van der Waals surface area contributed by atoms with Crippen molar-refractivity contribution in [1.82, 2.24) is 9.71 Å². The lowest BCUT2D eigenvalue weighted by Crippen LogP contribution is -2.04. The van der Waals surface area contributed by atoms with Crippen LogP contribution in [0.1, 0.15) is 17.5 Å². The molecule has 1 aromatic heterocycles. The van der Waals surface area contributed by atoms with E-state index in [0.29, 0.717) is 6.54 Å². The number of para-hydroxylation sites is 1. The van der Waals surface area contributed by atoms with Crippen molar-refractivity contribution in [2.75, 3.05) is 6.54 Å². The van der Waals surface area contributed by atoms with Gasteiger partial charge in [0.25, 0.3) is 0 Å². The molecule has 0 aliphatic carbocycles. The van der Waals surface area contributed by atoms with Gasteiger partial charge >= 0.3 is 0 Å². The van der Waals surface area contributed by atoms with Crippen LogP contribution in [-0.2, 0) is 6.42 Å². The molecule has 0 bridgehead atoms. The zero-order valence-electron chi connectivity index (χ0n) is 12.2. The molecule has 0 saturated heterocycles. The van der Waals surface area contributed by atoms with Gasteiger partial charge in [0.05, 0.1) is 11.0 Å². The summed E-state index contributed by atoms with van der Waals surface area (Å²) in [6, 6.07) is 12.8. The summed E-state index contributed by atoms with van der Waals surface area (Å²) in [4.78, 5) is 6.19. The van der Waals surface area contributed by atoms with E-state index in [0.717, 1.165) is 23.9 Å². The van der Waals surface area contributed by atoms with E-state index >= 15 is 0 Å². The third-order valence-electron chi connectivity index (χ3n) is 4.01. The minimum absolute atomic E-state index is 0.707. The second kappa shape index (κ2) is 5.63. The molecule has 0 fully saturated rings. The number of benzene rings is 2. The van der Waals surface area contributed by atoms with Crippen molar-refractivity contribution < 1.29 is 0 Å². The Morgan fingerprint density at radius 1 is 1.18 bits per heavy atom. The Morgan fingerprint density at radius 3 is 3.00 bits per heavy atom. The number of aryl methyl sites for hydroxylation is 1. The lowest BCUT2D eigenvalue weighted by Gasteiger charge is -2.17. The lowest BCUT2D eigenvalue weighted by molar-refractivity contribution is 0.835. The molecule has 4 heteroatoms. The molecule has 0 saturated carbocycles. The Balaban J connectivity index is 2.05. The van der Waals surface area contributed by atoms with Crippen LogP contribution < -0.4 is 10.5 Å². The van der Waals surface area contributed by atoms with E-state index in [1.54, 1.807) is 11.9 Å². The van der Waals surface area contributed by atoms with Crippen molar-refractivity contribution >= 4 is 39.8 Å². The summed E-state index contributed by atoms with van der Waals surface area (Å²) >= 11 is 1.66. The summed E-state index contributed by atoms with van der Waals surface area (Å²) in [6.45, 7) is 0.707. The van der Waals surface area contributed by atoms with Gasteiger partial charge in [-0.3, -0.25) is 0 Å². The molecular weight excluding hydrogens is 290 g/mol. The molecule has 0 atom stereocenters. The molecule has 3 nitrogen and oxygen atoms in total. The molecule has 0 unspecified atom stereocenters. The van der Waals surface area contributed by atoms with Gasteiger partial charge in [-0.05, 0) is 66.7 Å². The highest BCUT2D eigenvalue weighted by Crippen LogP contribution is 2.36. The fourth-order valence-corrected chi connectivity index (χ4v) is 3.71. The van der Waals surface area contributed by atoms with E-state index < -0.39 is 0 Å². The van der Waals surface area contributed by atoms with Crippen LogP contribution in [0, 0.1) is 0 Å². The van der Waals surface area contributed by atoms with Crippen LogP contribution in [0.5, 0.6) is 0 Å². The maximum atomic E-state index is 5.70. The number of nitrogens with two attached hydrogens (primary N) is 1. The number of fused-ring (bicyclic) bond motifs is 4. The Hall–Kier alpha value is -2.04. The van der Waals surface area contributed by atoms with Crippen LogP contribution in [-0.4, -0.2) is 11.5 Å². The highest BCUT2D eigenvalue weighted by molar-refractivity contribution is 7.97. The maximum absolute atomic E-state index is 5.70. The molecule has 0 amide bonds. The van der Waals surface area contributed by atoms with Crippen LogP contribution in [0.15, 0.2) is 47.5 Å². The molecule has 0 spiro atoms. The van der Waals surface area contributed by atoms with Crippen molar-refractivity contribution in [1.29, 1.82) is 0 Å². The van der Waals surface area contributed by atoms with Crippen molar-refractivity contribution in [3.63, 3.8) is 0 Å². The number of hydrogen-bond donors (Lipinski definition) is 2. The third-order valence-corrected chi connectivity index (χ3v) is 4.92. The van der Waals surface area contributed by atoms with Gasteiger partial charge in [-0.1, -0.05) is 18.2 Å². The summed E-state index contributed by atoms with van der Waals surface area (Å²) < 4.78 is 3.23. The average Bonchev–Trinajstić information content (AvgIpc) is 2.58. The number of aromatic nitrogens is 1. The number of pyridine rings is 1.